The summed E-state index contributed by atoms with van der Waals surface area (Å²) in [4.78, 5) is 22.0. The van der Waals surface area contributed by atoms with Crippen LogP contribution >= 0.6 is 15.9 Å². The van der Waals surface area contributed by atoms with Gasteiger partial charge in [0.1, 0.15) is 0 Å². The Kier molecular flexibility index (Phi) is 3.85. The van der Waals surface area contributed by atoms with Crippen LogP contribution in [0.15, 0.2) is 22.7 Å². The first-order chi connectivity index (χ1) is 7.04. The summed E-state index contributed by atoms with van der Waals surface area (Å²) >= 11 is 3.30. The lowest BCUT2D eigenvalue weighted by atomic mass is 10.2. The maximum Gasteiger partial charge on any atom is 0.396 e. The third-order valence-corrected chi connectivity index (χ3v) is 2.30. The number of esters is 1. The number of amides is 1. The number of hydrogen-bond acceptors (Lipinski definition) is 3. The highest BCUT2D eigenvalue weighted by Gasteiger charge is 2.14. The van der Waals surface area contributed by atoms with Crippen LogP contribution in [0.5, 0.6) is 0 Å². The van der Waals surface area contributed by atoms with Crippen LogP contribution in [0.1, 0.15) is 5.56 Å². The van der Waals surface area contributed by atoms with Gasteiger partial charge in [-0.2, -0.15) is 0 Å². The molecular weight excluding hydrogens is 262 g/mol. The molecule has 0 aliphatic carbocycles. The number of ether oxygens (including phenoxy) is 1. The molecule has 1 aromatic carbocycles. The van der Waals surface area contributed by atoms with Crippen molar-refractivity contribution in [3.8, 4) is 0 Å². The molecule has 0 aromatic heterocycles. The van der Waals surface area contributed by atoms with Gasteiger partial charge in [0.2, 0.25) is 0 Å². The Morgan fingerprint density at radius 2 is 2.07 bits per heavy atom. The summed E-state index contributed by atoms with van der Waals surface area (Å²) in [5, 5.41) is 2.45. The highest BCUT2D eigenvalue weighted by atomic mass is 79.9. The Labute approximate surface area is 95.7 Å². The van der Waals surface area contributed by atoms with Crippen molar-refractivity contribution in [3.05, 3.63) is 28.2 Å². The molecule has 5 heteroatoms. The number of benzene rings is 1. The van der Waals surface area contributed by atoms with E-state index in [0.717, 1.165) is 17.1 Å². The fourth-order valence-electron chi connectivity index (χ4n) is 1.03. The molecule has 0 aliphatic rings. The molecule has 0 atom stereocenters. The van der Waals surface area contributed by atoms with Crippen molar-refractivity contribution < 1.29 is 14.3 Å². The molecule has 0 fully saturated rings. The first-order valence-corrected chi connectivity index (χ1v) is 4.99. The van der Waals surface area contributed by atoms with Gasteiger partial charge in [-0.3, -0.25) is 4.79 Å². The monoisotopic (exact) mass is 271 g/mol. The number of anilines is 1. The Bertz CT molecular complexity index is 404. The standard InChI is InChI=1S/C10H10BrNO3/c1-6-5-7(11)3-4-8(6)12-9(13)10(14)15-2/h3-5H,1-2H3,(H,12,13). The molecular formula is C10H10BrNO3. The Hall–Kier alpha value is -1.36. The van der Waals surface area contributed by atoms with E-state index in [2.05, 4.69) is 26.0 Å². The highest BCUT2D eigenvalue weighted by Crippen LogP contribution is 2.19. The second kappa shape index (κ2) is 4.93. The van der Waals surface area contributed by atoms with Crippen molar-refractivity contribution in [3.63, 3.8) is 0 Å². The fourth-order valence-corrected chi connectivity index (χ4v) is 1.51. The fraction of sp³-hybridized carbons (Fsp3) is 0.200. The average molecular weight is 272 g/mol. The van der Waals surface area contributed by atoms with E-state index >= 15 is 0 Å². The normalized spacial score (nSPS) is 9.53. The summed E-state index contributed by atoms with van der Waals surface area (Å²) in [7, 11) is 1.16. The lowest BCUT2D eigenvalue weighted by Gasteiger charge is -2.07. The van der Waals surface area contributed by atoms with E-state index < -0.39 is 11.9 Å². The molecule has 1 amide bonds. The summed E-state index contributed by atoms with van der Waals surface area (Å²) in [5.74, 6) is -1.68. The lowest BCUT2D eigenvalue weighted by Crippen LogP contribution is -2.24. The number of halogens is 1. The van der Waals surface area contributed by atoms with E-state index in [1.54, 1.807) is 12.1 Å². The minimum absolute atomic E-state index is 0.591. The maximum atomic E-state index is 11.2. The number of methoxy groups -OCH3 is 1. The molecule has 0 aliphatic heterocycles. The maximum absolute atomic E-state index is 11.2. The predicted octanol–water partition coefficient (Wildman–Crippen LogP) is 1.87. The molecule has 0 saturated heterocycles. The van der Waals surface area contributed by atoms with Gasteiger partial charge in [-0.1, -0.05) is 15.9 Å². The highest BCUT2D eigenvalue weighted by molar-refractivity contribution is 9.10. The first-order valence-electron chi connectivity index (χ1n) is 4.20. The van der Waals surface area contributed by atoms with Gasteiger partial charge in [-0.25, -0.2) is 4.79 Å². The van der Waals surface area contributed by atoms with Crippen molar-refractivity contribution >= 4 is 33.5 Å². The zero-order chi connectivity index (χ0) is 11.4. The molecule has 0 saturated carbocycles. The van der Waals surface area contributed by atoms with Crippen LogP contribution < -0.4 is 5.32 Å². The Morgan fingerprint density at radius 3 is 2.60 bits per heavy atom. The van der Waals surface area contributed by atoms with Crippen molar-refractivity contribution in [1.82, 2.24) is 0 Å². The van der Waals surface area contributed by atoms with E-state index in [1.165, 1.54) is 0 Å². The average Bonchev–Trinajstić information content (AvgIpc) is 2.20. The van der Waals surface area contributed by atoms with Gasteiger partial charge in [0.25, 0.3) is 0 Å². The Morgan fingerprint density at radius 1 is 1.40 bits per heavy atom. The van der Waals surface area contributed by atoms with Gasteiger partial charge in [0.15, 0.2) is 0 Å². The number of nitrogens with one attached hydrogen (secondary N) is 1. The zero-order valence-electron chi connectivity index (χ0n) is 8.33. The van der Waals surface area contributed by atoms with Crippen molar-refractivity contribution in [1.29, 1.82) is 0 Å². The largest absolute Gasteiger partial charge is 0.462 e. The first kappa shape index (κ1) is 11.7. The van der Waals surface area contributed by atoms with E-state index in [-0.39, 0.29) is 0 Å². The number of aryl methyl sites for hydroxylation is 1. The van der Waals surface area contributed by atoms with E-state index in [1.807, 2.05) is 13.0 Å². The number of carbonyl (C=O) groups is 2. The van der Waals surface area contributed by atoms with E-state index in [9.17, 15) is 9.59 Å². The van der Waals surface area contributed by atoms with Crippen LogP contribution in [0.4, 0.5) is 5.69 Å². The SMILES string of the molecule is COC(=O)C(=O)Nc1ccc(Br)cc1C. The predicted molar refractivity (Wildman–Crippen MR) is 59.5 cm³/mol. The van der Waals surface area contributed by atoms with Gasteiger partial charge in [-0.05, 0) is 30.7 Å². The molecule has 15 heavy (non-hydrogen) atoms. The van der Waals surface area contributed by atoms with E-state index in [0.29, 0.717) is 5.69 Å². The smallest absolute Gasteiger partial charge is 0.396 e. The summed E-state index contributed by atoms with van der Waals surface area (Å²) in [6, 6.07) is 5.33. The van der Waals surface area contributed by atoms with Crippen LogP contribution in [0.2, 0.25) is 0 Å². The second-order valence-electron chi connectivity index (χ2n) is 2.90. The Balaban J connectivity index is 2.81. The van der Waals surface area contributed by atoms with Gasteiger partial charge >= 0.3 is 11.9 Å². The lowest BCUT2D eigenvalue weighted by molar-refractivity contribution is -0.150. The van der Waals surface area contributed by atoms with Gasteiger partial charge in [0, 0.05) is 10.2 Å². The van der Waals surface area contributed by atoms with Crippen LogP contribution in [0.3, 0.4) is 0 Å². The summed E-state index contributed by atoms with van der Waals surface area (Å²) in [6.45, 7) is 1.83. The number of hydrogen-bond donors (Lipinski definition) is 1. The molecule has 0 heterocycles. The van der Waals surface area contributed by atoms with E-state index in [4.69, 9.17) is 0 Å². The van der Waals surface area contributed by atoms with Crippen LogP contribution in [0.25, 0.3) is 0 Å². The summed E-state index contributed by atoms with van der Waals surface area (Å²) < 4.78 is 5.20. The third-order valence-electron chi connectivity index (χ3n) is 1.81. The minimum Gasteiger partial charge on any atom is -0.462 e. The molecule has 0 bridgehead atoms. The summed E-state index contributed by atoms with van der Waals surface area (Å²) in [6.07, 6.45) is 0. The second-order valence-corrected chi connectivity index (χ2v) is 3.82. The van der Waals surface area contributed by atoms with Crippen LogP contribution in [-0.4, -0.2) is 19.0 Å². The van der Waals surface area contributed by atoms with Gasteiger partial charge < -0.3 is 10.1 Å². The molecule has 1 rings (SSSR count). The van der Waals surface area contributed by atoms with Gasteiger partial charge in [-0.15, -0.1) is 0 Å². The molecule has 0 radical (unpaired) electrons. The molecule has 80 valence electrons. The number of carbonyl (C=O) groups excluding carboxylic acids is 2. The van der Waals surface area contributed by atoms with Crippen molar-refractivity contribution in [2.24, 2.45) is 0 Å². The van der Waals surface area contributed by atoms with Crippen molar-refractivity contribution in [2.75, 3.05) is 12.4 Å². The molecule has 0 unspecified atom stereocenters. The quantitative estimate of drug-likeness (QED) is 0.627. The molecule has 4 nitrogen and oxygen atoms in total. The number of rotatable bonds is 1. The van der Waals surface area contributed by atoms with Crippen LogP contribution in [-0.2, 0) is 14.3 Å². The van der Waals surface area contributed by atoms with Crippen molar-refractivity contribution in [2.45, 2.75) is 6.92 Å². The topological polar surface area (TPSA) is 55.4 Å². The molecule has 0 spiro atoms. The molecule has 1 aromatic rings. The summed E-state index contributed by atoms with van der Waals surface area (Å²) in [5.41, 5.74) is 1.45. The third kappa shape index (κ3) is 3.06. The zero-order valence-corrected chi connectivity index (χ0v) is 9.92. The van der Waals surface area contributed by atoms with Crippen LogP contribution in [0, 0.1) is 6.92 Å². The minimum atomic E-state index is -0.905. The molecule has 1 N–H and O–H groups in total. The van der Waals surface area contributed by atoms with Gasteiger partial charge in [0.05, 0.1) is 7.11 Å².